The van der Waals surface area contributed by atoms with Crippen molar-refractivity contribution in [1.29, 1.82) is 0 Å². The zero-order valence-electron chi connectivity index (χ0n) is 11.7. The maximum atomic E-state index is 11.8. The lowest BCUT2D eigenvalue weighted by molar-refractivity contribution is 0.0950. The molecule has 0 aliphatic rings. The number of carbonyl (C=O) groups is 1. The molecule has 6 nitrogen and oxygen atoms in total. The average molecular weight is 351 g/mol. The Bertz CT molecular complexity index is 667. The zero-order chi connectivity index (χ0) is 15.2. The number of aromatic amines is 1. The van der Waals surface area contributed by atoms with Gasteiger partial charge in [-0.1, -0.05) is 15.9 Å². The average Bonchev–Trinajstić information content (AvgIpc) is 2.88. The van der Waals surface area contributed by atoms with E-state index in [-0.39, 0.29) is 5.91 Å². The van der Waals surface area contributed by atoms with Crippen LogP contribution in [0.25, 0.3) is 0 Å². The topological polar surface area (TPSA) is 79.4 Å². The normalized spacial score (nSPS) is 10.8. The van der Waals surface area contributed by atoms with Crippen LogP contribution in [0.15, 0.2) is 33.8 Å². The number of benzene rings is 1. The van der Waals surface area contributed by atoms with Gasteiger partial charge in [0.25, 0.3) is 5.91 Å². The summed E-state index contributed by atoms with van der Waals surface area (Å²) >= 11 is 3.39. The van der Waals surface area contributed by atoms with Crippen molar-refractivity contribution < 1.29 is 9.53 Å². The molecule has 1 amide bonds. The molecule has 2 rings (SSSR count). The number of rotatable bonds is 5. The Morgan fingerprint density at radius 3 is 3.00 bits per heavy atom. The Labute approximate surface area is 130 Å². The summed E-state index contributed by atoms with van der Waals surface area (Å²) < 4.78 is 6.40. The van der Waals surface area contributed by atoms with E-state index < -0.39 is 0 Å². The number of halogens is 1. The molecule has 0 atom stereocenters. The van der Waals surface area contributed by atoms with Gasteiger partial charge in [-0.05, 0) is 38.1 Å². The predicted molar refractivity (Wildman–Crippen MR) is 83.7 cm³/mol. The highest BCUT2D eigenvalue weighted by Gasteiger charge is 2.08. The number of H-pyrrole nitrogens is 1. The molecular formula is C14H15BrN4O2. The molecule has 1 aromatic carbocycles. The molecule has 1 aromatic heterocycles. The van der Waals surface area contributed by atoms with Gasteiger partial charge in [0.15, 0.2) is 5.69 Å². The number of nitrogens with zero attached hydrogens (tertiary/aromatic N) is 2. The number of nitrogens with one attached hydrogen (secondary N) is 2. The first-order valence-electron chi connectivity index (χ1n) is 6.38. The minimum atomic E-state index is -0.372. The van der Waals surface area contributed by atoms with E-state index in [4.69, 9.17) is 4.74 Å². The van der Waals surface area contributed by atoms with E-state index in [9.17, 15) is 4.79 Å². The fraction of sp³-hybridized carbons (Fsp3) is 0.214. The highest BCUT2D eigenvalue weighted by Crippen LogP contribution is 2.21. The quantitative estimate of drug-likeness (QED) is 0.642. The summed E-state index contributed by atoms with van der Waals surface area (Å²) in [6.07, 6.45) is 1.53. The Hall–Kier alpha value is -2.15. The first kappa shape index (κ1) is 15.2. The lowest BCUT2D eigenvalue weighted by Gasteiger charge is -2.06. The number of hydrazone groups is 1. The third kappa shape index (κ3) is 4.16. The van der Waals surface area contributed by atoms with E-state index in [0.29, 0.717) is 18.1 Å². The highest BCUT2D eigenvalue weighted by atomic mass is 79.9. The third-order valence-corrected chi connectivity index (χ3v) is 3.07. The Balaban J connectivity index is 2.07. The molecule has 7 heteroatoms. The number of ether oxygens (including phenoxy) is 1. The Morgan fingerprint density at radius 2 is 2.33 bits per heavy atom. The van der Waals surface area contributed by atoms with Gasteiger partial charge in [0, 0.05) is 15.7 Å². The predicted octanol–water partition coefficient (Wildman–Crippen LogP) is 2.64. The van der Waals surface area contributed by atoms with Gasteiger partial charge in [0.1, 0.15) is 5.75 Å². The number of aromatic nitrogens is 2. The molecular weight excluding hydrogens is 336 g/mol. The summed E-state index contributed by atoms with van der Waals surface area (Å²) in [6, 6.07) is 7.23. The van der Waals surface area contributed by atoms with E-state index >= 15 is 0 Å². The van der Waals surface area contributed by atoms with E-state index in [2.05, 4.69) is 36.7 Å². The van der Waals surface area contributed by atoms with Crippen molar-refractivity contribution in [3.8, 4) is 5.75 Å². The molecule has 0 bridgehead atoms. The second kappa shape index (κ2) is 7.03. The van der Waals surface area contributed by atoms with Gasteiger partial charge in [0.05, 0.1) is 12.8 Å². The van der Waals surface area contributed by atoms with Crippen LogP contribution in [0.5, 0.6) is 5.75 Å². The van der Waals surface area contributed by atoms with Gasteiger partial charge in [0.2, 0.25) is 0 Å². The van der Waals surface area contributed by atoms with Gasteiger partial charge in [-0.25, -0.2) is 5.43 Å². The number of carbonyl (C=O) groups excluding carboxylic acids is 1. The van der Waals surface area contributed by atoms with Crippen LogP contribution in [0.3, 0.4) is 0 Å². The summed E-state index contributed by atoms with van der Waals surface area (Å²) in [4.78, 5) is 11.8. The maximum absolute atomic E-state index is 11.8. The fourth-order valence-electron chi connectivity index (χ4n) is 1.66. The maximum Gasteiger partial charge on any atom is 0.291 e. The van der Waals surface area contributed by atoms with E-state index in [1.807, 2.05) is 32.0 Å². The first-order valence-corrected chi connectivity index (χ1v) is 7.17. The van der Waals surface area contributed by atoms with E-state index in [1.54, 1.807) is 6.07 Å². The summed E-state index contributed by atoms with van der Waals surface area (Å²) in [7, 11) is 0. The highest BCUT2D eigenvalue weighted by molar-refractivity contribution is 9.10. The van der Waals surface area contributed by atoms with Crippen molar-refractivity contribution in [2.24, 2.45) is 5.10 Å². The van der Waals surface area contributed by atoms with Gasteiger partial charge in [-0.15, -0.1) is 0 Å². The van der Waals surface area contributed by atoms with Crippen molar-refractivity contribution in [3.63, 3.8) is 0 Å². The lowest BCUT2D eigenvalue weighted by Crippen LogP contribution is -2.18. The molecule has 0 aliphatic heterocycles. The molecule has 21 heavy (non-hydrogen) atoms. The smallest absolute Gasteiger partial charge is 0.291 e. The Morgan fingerprint density at radius 1 is 1.52 bits per heavy atom. The number of aryl methyl sites for hydroxylation is 1. The molecule has 0 saturated heterocycles. The molecule has 0 fully saturated rings. The zero-order valence-corrected chi connectivity index (χ0v) is 13.3. The molecule has 2 aromatic rings. The second-order valence-corrected chi connectivity index (χ2v) is 5.17. The first-order chi connectivity index (χ1) is 10.1. The van der Waals surface area contributed by atoms with Gasteiger partial charge in [-0.3, -0.25) is 9.89 Å². The summed E-state index contributed by atoms with van der Waals surface area (Å²) in [6.45, 7) is 4.29. The molecule has 0 unspecified atom stereocenters. The van der Waals surface area contributed by atoms with Crippen molar-refractivity contribution in [2.75, 3.05) is 6.61 Å². The molecule has 0 spiro atoms. The Kier molecular flexibility index (Phi) is 5.10. The summed E-state index contributed by atoms with van der Waals surface area (Å²) in [5.74, 6) is 0.331. The second-order valence-electron chi connectivity index (χ2n) is 4.25. The molecule has 0 radical (unpaired) electrons. The SMILES string of the molecule is CCOc1ccc(Br)cc1/C=N/NC(=O)c1cc(C)[nH]n1. The molecule has 110 valence electrons. The van der Waals surface area contributed by atoms with Crippen LogP contribution < -0.4 is 10.2 Å². The van der Waals surface area contributed by atoms with Crippen LogP contribution in [-0.2, 0) is 0 Å². The van der Waals surface area contributed by atoms with Crippen molar-refractivity contribution >= 4 is 28.1 Å². The monoisotopic (exact) mass is 350 g/mol. The minimum Gasteiger partial charge on any atom is -0.493 e. The molecule has 0 saturated carbocycles. The van der Waals surface area contributed by atoms with Crippen LogP contribution >= 0.6 is 15.9 Å². The standard InChI is InChI=1S/C14H15BrN4O2/c1-3-21-13-5-4-11(15)7-10(13)8-16-19-14(20)12-6-9(2)17-18-12/h4-8H,3H2,1-2H3,(H,17,18)(H,19,20)/b16-8+. The summed E-state index contributed by atoms with van der Waals surface area (Å²) in [5.41, 5.74) is 4.30. The van der Waals surface area contributed by atoms with Gasteiger partial charge < -0.3 is 4.74 Å². The van der Waals surface area contributed by atoms with Crippen LogP contribution in [0.4, 0.5) is 0 Å². The van der Waals surface area contributed by atoms with Crippen LogP contribution in [0.2, 0.25) is 0 Å². The van der Waals surface area contributed by atoms with E-state index in [0.717, 1.165) is 15.7 Å². The van der Waals surface area contributed by atoms with Crippen molar-refractivity contribution in [2.45, 2.75) is 13.8 Å². The van der Waals surface area contributed by atoms with Crippen LogP contribution in [0.1, 0.15) is 28.7 Å². The molecule has 2 N–H and O–H groups in total. The van der Waals surface area contributed by atoms with Crippen LogP contribution in [0, 0.1) is 6.92 Å². The minimum absolute atomic E-state index is 0.295. The van der Waals surface area contributed by atoms with Crippen molar-refractivity contribution in [1.82, 2.24) is 15.6 Å². The molecule has 0 aliphatic carbocycles. The molecule has 1 heterocycles. The van der Waals surface area contributed by atoms with Gasteiger partial charge in [-0.2, -0.15) is 10.2 Å². The van der Waals surface area contributed by atoms with Crippen LogP contribution in [-0.4, -0.2) is 28.9 Å². The van der Waals surface area contributed by atoms with Gasteiger partial charge >= 0.3 is 0 Å². The lowest BCUT2D eigenvalue weighted by atomic mass is 10.2. The van der Waals surface area contributed by atoms with Crippen molar-refractivity contribution in [3.05, 3.63) is 45.7 Å². The van der Waals surface area contributed by atoms with E-state index in [1.165, 1.54) is 6.21 Å². The number of hydrogen-bond donors (Lipinski definition) is 2. The third-order valence-electron chi connectivity index (χ3n) is 2.58. The number of amides is 1. The summed E-state index contributed by atoms with van der Waals surface area (Å²) in [5, 5.41) is 10.5. The number of hydrogen-bond acceptors (Lipinski definition) is 4. The fourth-order valence-corrected chi connectivity index (χ4v) is 2.04. The largest absolute Gasteiger partial charge is 0.493 e.